The lowest BCUT2D eigenvalue weighted by atomic mass is 9.97. The molecule has 10 rings (SSSR count). The largest absolute Gasteiger partial charge is 0.355 e. The van der Waals surface area contributed by atoms with Crippen LogP contribution < -0.4 is 5.32 Å². The molecule has 8 aromatic carbocycles. The van der Waals surface area contributed by atoms with Gasteiger partial charge < -0.3 is 5.32 Å². The highest BCUT2D eigenvalue weighted by Crippen LogP contribution is 2.38. The van der Waals surface area contributed by atoms with Crippen LogP contribution in [0, 0.1) is 0 Å². The third-order valence-corrected chi connectivity index (χ3v) is 10.2. The van der Waals surface area contributed by atoms with E-state index in [-0.39, 0.29) is 0 Å². The molecule has 0 aliphatic rings. The van der Waals surface area contributed by atoms with Crippen molar-refractivity contribution in [2.24, 2.45) is 0 Å². The van der Waals surface area contributed by atoms with Crippen LogP contribution in [0.4, 0.5) is 11.4 Å². The molecule has 254 valence electrons. The third kappa shape index (κ3) is 5.67. The maximum Gasteiger partial charge on any atom is 0.235 e. The minimum absolute atomic E-state index is 0.652. The normalized spacial score (nSPS) is 11.3. The molecule has 2 heterocycles. The van der Waals surface area contributed by atoms with Crippen molar-refractivity contribution >= 4 is 44.1 Å². The Morgan fingerprint density at radius 3 is 1.81 bits per heavy atom. The van der Waals surface area contributed by atoms with Crippen LogP contribution in [0.3, 0.4) is 0 Å². The van der Waals surface area contributed by atoms with Crippen LogP contribution in [-0.2, 0) is 0 Å². The zero-order valence-corrected chi connectivity index (χ0v) is 29.4. The van der Waals surface area contributed by atoms with Crippen LogP contribution in [0.5, 0.6) is 0 Å². The summed E-state index contributed by atoms with van der Waals surface area (Å²) < 4.78 is 2.21. The van der Waals surface area contributed by atoms with Crippen LogP contribution in [0.15, 0.2) is 200 Å². The number of benzene rings is 8. The summed E-state index contributed by atoms with van der Waals surface area (Å²) in [5.74, 6) is 0.652. The van der Waals surface area contributed by atoms with Crippen LogP contribution in [0.25, 0.3) is 83.3 Å². The quantitative estimate of drug-likeness (QED) is 0.181. The second-order valence-corrected chi connectivity index (χ2v) is 13.5. The number of para-hydroxylation sites is 4. The second kappa shape index (κ2) is 13.4. The van der Waals surface area contributed by atoms with Crippen LogP contribution in [0.1, 0.15) is 0 Å². The van der Waals surface area contributed by atoms with Crippen molar-refractivity contribution in [1.82, 2.24) is 14.5 Å². The molecule has 0 aliphatic heterocycles. The summed E-state index contributed by atoms with van der Waals surface area (Å²) in [5.41, 5.74) is 14.1. The summed E-state index contributed by atoms with van der Waals surface area (Å²) in [4.78, 5) is 10.5. The molecule has 10 aromatic rings. The Balaban J connectivity index is 1.08. The number of rotatable bonds is 7. The number of hydrogen-bond donors (Lipinski definition) is 1. The lowest BCUT2D eigenvalue weighted by Gasteiger charge is -2.14. The van der Waals surface area contributed by atoms with Crippen molar-refractivity contribution in [3.05, 3.63) is 200 Å². The fourth-order valence-corrected chi connectivity index (χ4v) is 7.59. The molecule has 0 saturated carbocycles. The predicted octanol–water partition coefficient (Wildman–Crippen LogP) is 13.1. The lowest BCUT2D eigenvalue weighted by Crippen LogP contribution is -2.03. The highest BCUT2D eigenvalue weighted by atomic mass is 15.2. The first kappa shape index (κ1) is 31.4. The maximum absolute atomic E-state index is 5.33. The molecule has 0 amide bonds. The average molecular weight is 691 g/mol. The van der Waals surface area contributed by atoms with E-state index in [1.54, 1.807) is 0 Å². The van der Waals surface area contributed by atoms with E-state index in [0.29, 0.717) is 5.95 Å². The van der Waals surface area contributed by atoms with Gasteiger partial charge in [-0.3, -0.25) is 4.57 Å². The summed E-state index contributed by atoms with van der Waals surface area (Å²) >= 11 is 0. The highest BCUT2D eigenvalue weighted by molar-refractivity contribution is 6.10. The minimum atomic E-state index is 0.652. The molecule has 0 radical (unpaired) electrons. The topological polar surface area (TPSA) is 42.7 Å². The van der Waals surface area contributed by atoms with Crippen molar-refractivity contribution in [3.8, 4) is 50.6 Å². The Kier molecular flexibility index (Phi) is 7.77. The van der Waals surface area contributed by atoms with Crippen LogP contribution in [-0.4, -0.2) is 14.5 Å². The summed E-state index contributed by atoms with van der Waals surface area (Å²) in [5, 5.41) is 6.96. The highest BCUT2D eigenvalue weighted by Gasteiger charge is 2.18. The Morgan fingerprint density at radius 2 is 0.963 bits per heavy atom. The molecule has 0 atom stereocenters. The minimum Gasteiger partial charge on any atom is -0.355 e. The van der Waals surface area contributed by atoms with Gasteiger partial charge in [0.05, 0.1) is 22.2 Å². The molecule has 0 bridgehead atoms. The summed E-state index contributed by atoms with van der Waals surface area (Å²) in [6.45, 7) is 0. The second-order valence-electron chi connectivity index (χ2n) is 13.5. The van der Waals surface area contributed by atoms with E-state index in [0.717, 1.165) is 77.6 Å². The Bertz CT molecular complexity index is 2950. The number of aromatic nitrogens is 3. The first-order valence-electron chi connectivity index (χ1n) is 18.2. The zero-order valence-electron chi connectivity index (χ0n) is 29.4. The molecule has 4 nitrogen and oxygen atoms in total. The Labute approximate surface area is 313 Å². The van der Waals surface area contributed by atoms with Crippen molar-refractivity contribution in [3.63, 3.8) is 0 Å². The van der Waals surface area contributed by atoms with Gasteiger partial charge in [-0.05, 0) is 76.3 Å². The number of nitrogens with one attached hydrogen (secondary N) is 1. The van der Waals surface area contributed by atoms with E-state index in [2.05, 4.69) is 192 Å². The number of fused-ring (bicyclic) bond motifs is 4. The van der Waals surface area contributed by atoms with Crippen LogP contribution in [0.2, 0.25) is 0 Å². The number of anilines is 2. The molecule has 0 fully saturated rings. The van der Waals surface area contributed by atoms with E-state index in [9.17, 15) is 0 Å². The standard InChI is InChI=1S/C50H34N4/c1-3-14-34(15-4-1)35-26-28-36(29-27-35)49-43-22-8-11-24-46(43)52-50(53-49)54-47-25-12-9-21-42(47)44-33-38(30-31-48(44)54)37-16-13-17-39(32-37)41-20-7-10-23-45(41)51-40-18-5-2-6-19-40/h1-33,51H. The van der Waals surface area contributed by atoms with Gasteiger partial charge in [0.25, 0.3) is 0 Å². The summed E-state index contributed by atoms with van der Waals surface area (Å²) in [7, 11) is 0. The fourth-order valence-electron chi connectivity index (χ4n) is 7.59. The van der Waals surface area contributed by atoms with Crippen molar-refractivity contribution in [1.29, 1.82) is 0 Å². The zero-order chi connectivity index (χ0) is 35.8. The van der Waals surface area contributed by atoms with Gasteiger partial charge in [-0.2, -0.15) is 0 Å². The smallest absolute Gasteiger partial charge is 0.235 e. The Hall–Kier alpha value is -7.30. The molecule has 0 saturated heterocycles. The van der Waals surface area contributed by atoms with Gasteiger partial charge in [-0.25, -0.2) is 9.97 Å². The summed E-state index contributed by atoms with van der Waals surface area (Å²) in [6, 6.07) is 70.4. The van der Waals surface area contributed by atoms with E-state index in [4.69, 9.17) is 9.97 Å². The van der Waals surface area contributed by atoms with Gasteiger partial charge >= 0.3 is 0 Å². The van der Waals surface area contributed by atoms with Crippen molar-refractivity contribution in [2.75, 3.05) is 5.32 Å². The Morgan fingerprint density at radius 1 is 0.370 bits per heavy atom. The SMILES string of the molecule is c1ccc(Nc2ccccc2-c2cccc(-c3ccc4c(c3)c3ccccc3n4-c3nc(-c4ccc(-c5ccccc5)cc4)c4ccccc4n3)c2)cc1. The molecule has 2 aromatic heterocycles. The molecular weight excluding hydrogens is 657 g/mol. The molecule has 1 N–H and O–H groups in total. The monoisotopic (exact) mass is 690 g/mol. The molecule has 0 unspecified atom stereocenters. The third-order valence-electron chi connectivity index (χ3n) is 10.2. The molecule has 54 heavy (non-hydrogen) atoms. The van der Waals surface area contributed by atoms with E-state index >= 15 is 0 Å². The van der Waals surface area contributed by atoms with Gasteiger partial charge in [-0.15, -0.1) is 0 Å². The molecule has 0 spiro atoms. The molecule has 0 aliphatic carbocycles. The van der Waals surface area contributed by atoms with Crippen LogP contribution >= 0.6 is 0 Å². The van der Waals surface area contributed by atoms with Crippen molar-refractivity contribution in [2.45, 2.75) is 0 Å². The first-order valence-corrected chi connectivity index (χ1v) is 18.2. The lowest BCUT2D eigenvalue weighted by molar-refractivity contribution is 1.01. The van der Waals surface area contributed by atoms with E-state index < -0.39 is 0 Å². The maximum atomic E-state index is 5.33. The fraction of sp³-hybridized carbons (Fsp3) is 0. The predicted molar refractivity (Wildman–Crippen MR) is 225 cm³/mol. The first-order chi connectivity index (χ1) is 26.8. The molecule has 4 heteroatoms. The van der Waals surface area contributed by atoms with Gasteiger partial charge in [0.1, 0.15) is 0 Å². The number of nitrogens with zero attached hydrogens (tertiary/aromatic N) is 3. The summed E-state index contributed by atoms with van der Waals surface area (Å²) in [6.07, 6.45) is 0. The van der Waals surface area contributed by atoms with Crippen molar-refractivity contribution < 1.29 is 0 Å². The van der Waals surface area contributed by atoms with Gasteiger partial charge in [0.2, 0.25) is 5.95 Å². The van der Waals surface area contributed by atoms with Gasteiger partial charge in [0, 0.05) is 38.7 Å². The van der Waals surface area contributed by atoms with E-state index in [1.165, 1.54) is 11.1 Å². The van der Waals surface area contributed by atoms with Gasteiger partial charge in [0.15, 0.2) is 0 Å². The average Bonchev–Trinajstić information content (AvgIpc) is 3.58. The molecular formula is C50H34N4. The number of hydrogen-bond acceptors (Lipinski definition) is 3. The van der Waals surface area contributed by atoms with E-state index in [1.807, 2.05) is 18.2 Å². The van der Waals surface area contributed by atoms with Gasteiger partial charge in [-0.1, -0.05) is 152 Å².